The number of amides is 1. The molecule has 0 aliphatic rings. The predicted molar refractivity (Wildman–Crippen MR) is 131 cm³/mol. The fraction of sp³-hybridized carbons (Fsp3) is 0.231. The van der Waals surface area contributed by atoms with Crippen LogP contribution in [0.3, 0.4) is 0 Å². The van der Waals surface area contributed by atoms with Gasteiger partial charge in [-0.05, 0) is 36.6 Å². The first-order valence-corrected chi connectivity index (χ1v) is 11.0. The van der Waals surface area contributed by atoms with Gasteiger partial charge in [0, 0.05) is 35.6 Å². The van der Waals surface area contributed by atoms with E-state index < -0.39 is 6.09 Å². The molecule has 4 aromatic rings. The summed E-state index contributed by atoms with van der Waals surface area (Å²) in [6.07, 6.45) is 1.09. The molecular weight excluding hydrogens is 416 g/mol. The predicted octanol–water partition coefficient (Wildman–Crippen LogP) is 5.39. The van der Waals surface area contributed by atoms with Gasteiger partial charge < -0.3 is 19.8 Å². The Hall–Kier alpha value is -4.00. The molecule has 0 saturated carbocycles. The van der Waals surface area contributed by atoms with Gasteiger partial charge in [0.1, 0.15) is 0 Å². The van der Waals surface area contributed by atoms with Crippen molar-refractivity contribution in [3.63, 3.8) is 0 Å². The number of H-pyrrole nitrogens is 1. The lowest BCUT2D eigenvalue weighted by Gasteiger charge is -2.13. The number of aromatic nitrogens is 2. The van der Waals surface area contributed by atoms with E-state index in [1.54, 1.807) is 26.2 Å². The van der Waals surface area contributed by atoms with Crippen LogP contribution in [0.1, 0.15) is 23.7 Å². The Labute approximate surface area is 193 Å². The highest BCUT2D eigenvalue weighted by molar-refractivity contribution is 5.88. The number of carbonyl (C=O) groups excluding carboxylic acids is 1. The number of aromatic amines is 1. The molecule has 4 rings (SSSR count). The molecule has 0 bridgehead atoms. The van der Waals surface area contributed by atoms with Crippen LogP contribution in [-0.2, 0) is 17.6 Å². The van der Waals surface area contributed by atoms with Gasteiger partial charge in [-0.15, -0.1) is 0 Å². The van der Waals surface area contributed by atoms with E-state index >= 15 is 0 Å². The minimum atomic E-state index is -0.519. The minimum Gasteiger partial charge on any atom is -0.481 e. The molecule has 0 aliphatic heterocycles. The van der Waals surface area contributed by atoms with E-state index in [2.05, 4.69) is 63.1 Å². The number of pyridine rings is 1. The second-order valence-electron chi connectivity index (χ2n) is 7.56. The van der Waals surface area contributed by atoms with Crippen LogP contribution >= 0.6 is 0 Å². The first kappa shape index (κ1) is 22.2. The van der Waals surface area contributed by atoms with Crippen LogP contribution in [0.5, 0.6) is 5.88 Å². The number of rotatable bonds is 9. The van der Waals surface area contributed by atoms with Crippen LogP contribution in [0.15, 0.2) is 66.7 Å². The monoisotopic (exact) mass is 444 g/mol. The molecule has 0 unspecified atom stereocenters. The lowest BCUT2D eigenvalue weighted by atomic mass is 10.0. The third-order valence-electron chi connectivity index (χ3n) is 5.38. The highest BCUT2D eigenvalue weighted by Gasteiger charge is 2.14. The van der Waals surface area contributed by atoms with E-state index in [1.807, 2.05) is 12.1 Å². The van der Waals surface area contributed by atoms with Gasteiger partial charge in [-0.2, -0.15) is 4.98 Å². The van der Waals surface area contributed by atoms with Gasteiger partial charge in [0.25, 0.3) is 0 Å². The van der Waals surface area contributed by atoms with Crippen LogP contribution in [0.2, 0.25) is 0 Å². The lowest BCUT2D eigenvalue weighted by Crippen LogP contribution is -2.16. The molecule has 0 atom stereocenters. The molecule has 0 saturated heterocycles. The number of anilines is 2. The summed E-state index contributed by atoms with van der Waals surface area (Å²) in [6.45, 7) is 2.68. The van der Waals surface area contributed by atoms with Crippen molar-refractivity contribution in [1.29, 1.82) is 0 Å². The van der Waals surface area contributed by atoms with Crippen LogP contribution < -0.4 is 15.4 Å². The van der Waals surface area contributed by atoms with Gasteiger partial charge in [-0.3, -0.25) is 5.32 Å². The molecule has 2 heterocycles. The Bertz CT molecular complexity index is 1220. The van der Waals surface area contributed by atoms with Gasteiger partial charge in [0.05, 0.1) is 19.4 Å². The summed E-state index contributed by atoms with van der Waals surface area (Å²) in [7, 11) is 1.56. The molecule has 0 fully saturated rings. The van der Waals surface area contributed by atoms with Gasteiger partial charge in [-0.25, -0.2) is 4.79 Å². The van der Waals surface area contributed by atoms with Crippen LogP contribution in [0.4, 0.5) is 16.3 Å². The van der Waals surface area contributed by atoms with Crippen molar-refractivity contribution < 1.29 is 14.3 Å². The minimum absolute atomic E-state index is 0.295. The third kappa shape index (κ3) is 5.44. The number of hydrogen-bond donors (Lipinski definition) is 3. The van der Waals surface area contributed by atoms with E-state index in [1.165, 1.54) is 22.2 Å². The average Bonchev–Trinajstić information content (AvgIpc) is 3.18. The number of nitrogens with zero attached hydrogens (tertiary/aromatic N) is 1. The second kappa shape index (κ2) is 10.5. The summed E-state index contributed by atoms with van der Waals surface area (Å²) in [5.41, 5.74) is 5.39. The van der Waals surface area contributed by atoms with Crippen molar-refractivity contribution in [1.82, 2.24) is 9.97 Å². The first-order valence-electron chi connectivity index (χ1n) is 11.0. The maximum absolute atomic E-state index is 11.9. The number of nitrogens with one attached hydrogen (secondary N) is 3. The maximum atomic E-state index is 11.9. The van der Waals surface area contributed by atoms with Gasteiger partial charge >= 0.3 is 6.09 Å². The summed E-state index contributed by atoms with van der Waals surface area (Å²) in [6, 6.07) is 22.2. The molecule has 2 aromatic heterocycles. The Kier molecular flexibility index (Phi) is 7.09. The normalized spacial score (nSPS) is 10.7. The highest BCUT2D eigenvalue weighted by Crippen LogP contribution is 2.27. The summed E-state index contributed by atoms with van der Waals surface area (Å²) in [4.78, 5) is 20.0. The molecule has 170 valence electrons. The molecule has 0 spiro atoms. The number of fused-ring (bicyclic) bond motifs is 1. The zero-order valence-corrected chi connectivity index (χ0v) is 18.9. The van der Waals surface area contributed by atoms with Crippen molar-refractivity contribution >= 4 is 28.5 Å². The second-order valence-corrected chi connectivity index (χ2v) is 7.56. The van der Waals surface area contributed by atoms with Crippen molar-refractivity contribution in [2.45, 2.75) is 19.8 Å². The van der Waals surface area contributed by atoms with Gasteiger partial charge in [-0.1, -0.05) is 48.5 Å². The van der Waals surface area contributed by atoms with Crippen LogP contribution in [0.25, 0.3) is 10.9 Å². The van der Waals surface area contributed by atoms with E-state index in [0.29, 0.717) is 30.5 Å². The Morgan fingerprint density at radius 3 is 2.61 bits per heavy atom. The fourth-order valence-electron chi connectivity index (χ4n) is 3.87. The maximum Gasteiger partial charge on any atom is 0.411 e. The molecule has 2 aromatic carbocycles. The summed E-state index contributed by atoms with van der Waals surface area (Å²) in [5, 5.41) is 7.30. The molecule has 7 nitrogen and oxygen atoms in total. The van der Waals surface area contributed by atoms with Crippen LogP contribution in [-0.4, -0.2) is 36.3 Å². The largest absolute Gasteiger partial charge is 0.481 e. The number of methoxy groups -OCH3 is 1. The van der Waals surface area contributed by atoms with Crippen LogP contribution in [0, 0.1) is 0 Å². The highest BCUT2D eigenvalue weighted by atomic mass is 16.5. The molecule has 0 radical (unpaired) electrons. The third-order valence-corrected chi connectivity index (χ3v) is 5.38. The number of para-hydroxylation sites is 1. The van der Waals surface area contributed by atoms with E-state index in [-0.39, 0.29) is 0 Å². The average molecular weight is 445 g/mol. The van der Waals surface area contributed by atoms with Crippen molar-refractivity contribution in [3.8, 4) is 5.88 Å². The number of ether oxygens (including phenoxy) is 2. The molecule has 7 heteroatoms. The molecule has 1 amide bonds. The smallest absolute Gasteiger partial charge is 0.411 e. The Morgan fingerprint density at radius 2 is 1.82 bits per heavy atom. The molecule has 33 heavy (non-hydrogen) atoms. The summed E-state index contributed by atoms with van der Waals surface area (Å²) < 4.78 is 10.3. The first-order chi connectivity index (χ1) is 16.2. The van der Waals surface area contributed by atoms with E-state index in [0.717, 1.165) is 18.4 Å². The van der Waals surface area contributed by atoms with E-state index in [9.17, 15) is 4.79 Å². The zero-order valence-electron chi connectivity index (χ0n) is 18.9. The van der Waals surface area contributed by atoms with Crippen molar-refractivity contribution in [2.24, 2.45) is 0 Å². The topological polar surface area (TPSA) is 88.3 Å². The molecule has 0 aliphatic carbocycles. The molecular formula is C26H28N4O3. The number of benzene rings is 2. The number of carbonyl (C=O) groups is 1. The zero-order chi connectivity index (χ0) is 23.0. The van der Waals surface area contributed by atoms with E-state index in [4.69, 9.17) is 9.47 Å². The van der Waals surface area contributed by atoms with Gasteiger partial charge in [0.15, 0.2) is 5.82 Å². The summed E-state index contributed by atoms with van der Waals surface area (Å²) in [5.74, 6) is 0.996. The van der Waals surface area contributed by atoms with Gasteiger partial charge in [0.2, 0.25) is 5.88 Å². The fourth-order valence-corrected chi connectivity index (χ4v) is 3.87. The lowest BCUT2D eigenvalue weighted by molar-refractivity contribution is 0.168. The Balaban J connectivity index is 1.54. The number of hydrogen-bond acceptors (Lipinski definition) is 5. The van der Waals surface area contributed by atoms with Crippen molar-refractivity contribution in [3.05, 3.63) is 83.6 Å². The standard InChI is InChI=1S/C26H28N4O3/c1-3-33-26(31)29-22-13-14-24(32-2)30-25(22)27-16-15-20-19-11-7-8-12-21(19)28-23(20)17-18-9-5-4-6-10-18/h4-14,28H,3,15-17H2,1-2H3,(H,27,30)(H,29,31). The van der Waals surface area contributed by atoms with Crippen molar-refractivity contribution in [2.75, 3.05) is 30.9 Å². The SMILES string of the molecule is CCOC(=O)Nc1ccc(OC)nc1NCCc1c(Cc2ccccc2)[nH]c2ccccc12. The summed E-state index contributed by atoms with van der Waals surface area (Å²) >= 11 is 0. The Morgan fingerprint density at radius 1 is 1.03 bits per heavy atom. The molecule has 3 N–H and O–H groups in total. The quantitative estimate of drug-likeness (QED) is 0.322.